The van der Waals surface area contributed by atoms with Crippen LogP contribution in [0.15, 0.2) is 71.8 Å². The highest BCUT2D eigenvalue weighted by Crippen LogP contribution is 2.25. The molecule has 0 aliphatic carbocycles. The lowest BCUT2D eigenvalue weighted by atomic mass is 10.1. The molecule has 1 aromatic heterocycles. The summed E-state index contributed by atoms with van der Waals surface area (Å²) < 4.78 is 28.2. The first-order valence-electron chi connectivity index (χ1n) is 7.43. The fraction of sp³-hybridized carbons (Fsp3) is 0.111. The highest BCUT2D eigenvalue weighted by atomic mass is 35.5. The van der Waals surface area contributed by atoms with Crippen LogP contribution in [0.1, 0.15) is 22.9 Å². The third kappa shape index (κ3) is 3.70. The molecule has 1 unspecified atom stereocenters. The molecule has 2 aromatic carbocycles. The maximum Gasteiger partial charge on any atom is 0.241 e. The first-order chi connectivity index (χ1) is 11.5. The van der Waals surface area contributed by atoms with Crippen molar-refractivity contribution in [2.24, 2.45) is 0 Å². The zero-order valence-electron chi connectivity index (χ0n) is 13.0. The summed E-state index contributed by atoms with van der Waals surface area (Å²) in [5, 5.41) is 0.602. The van der Waals surface area contributed by atoms with Gasteiger partial charge in [0.15, 0.2) is 0 Å². The maximum absolute atomic E-state index is 12.7. The topological polar surface area (TPSA) is 62.0 Å². The van der Waals surface area contributed by atoms with Crippen molar-refractivity contribution in [3.05, 3.63) is 88.7 Å². The number of halogens is 1. The van der Waals surface area contributed by atoms with Gasteiger partial charge in [0.2, 0.25) is 10.0 Å². The number of rotatable bonds is 5. The number of benzene rings is 2. The number of aromatic nitrogens is 1. The minimum atomic E-state index is -3.66. The summed E-state index contributed by atoms with van der Waals surface area (Å²) in [5.41, 5.74) is 2.57. The molecule has 1 heterocycles. The molecule has 0 aliphatic rings. The first-order valence-corrected chi connectivity index (χ1v) is 9.29. The predicted molar refractivity (Wildman–Crippen MR) is 95.6 cm³/mol. The molecule has 124 valence electrons. The number of aryl methyl sites for hydroxylation is 1. The van der Waals surface area contributed by atoms with E-state index in [-0.39, 0.29) is 4.90 Å². The van der Waals surface area contributed by atoms with Gasteiger partial charge in [-0.1, -0.05) is 41.4 Å². The second-order valence-corrected chi connectivity index (χ2v) is 7.69. The molecule has 2 N–H and O–H groups in total. The van der Waals surface area contributed by atoms with Crippen molar-refractivity contribution >= 4 is 21.6 Å². The van der Waals surface area contributed by atoms with Crippen molar-refractivity contribution in [1.29, 1.82) is 0 Å². The second kappa shape index (κ2) is 6.81. The van der Waals surface area contributed by atoms with Gasteiger partial charge in [-0.2, -0.15) is 4.72 Å². The quantitative estimate of drug-likeness (QED) is 0.721. The van der Waals surface area contributed by atoms with Gasteiger partial charge in [-0.05, 0) is 48.9 Å². The van der Waals surface area contributed by atoms with E-state index in [0.29, 0.717) is 5.02 Å². The number of nitrogens with one attached hydrogen (secondary N) is 2. The van der Waals surface area contributed by atoms with Crippen molar-refractivity contribution in [3.63, 3.8) is 0 Å². The molecule has 0 saturated carbocycles. The molecule has 1 atom stereocenters. The highest BCUT2D eigenvalue weighted by Gasteiger charge is 2.23. The average molecular weight is 361 g/mol. The van der Waals surface area contributed by atoms with Crippen LogP contribution in [0.3, 0.4) is 0 Å². The van der Waals surface area contributed by atoms with E-state index in [1.165, 1.54) is 0 Å². The van der Waals surface area contributed by atoms with E-state index in [1.807, 2.05) is 31.2 Å². The van der Waals surface area contributed by atoms with Crippen LogP contribution in [-0.2, 0) is 10.0 Å². The molecular weight excluding hydrogens is 344 g/mol. The van der Waals surface area contributed by atoms with Crippen molar-refractivity contribution in [2.45, 2.75) is 17.9 Å². The lowest BCUT2D eigenvalue weighted by molar-refractivity contribution is 0.570. The maximum atomic E-state index is 12.7. The Bertz CT molecular complexity index is 903. The van der Waals surface area contributed by atoms with Gasteiger partial charge < -0.3 is 4.98 Å². The van der Waals surface area contributed by atoms with E-state index in [1.54, 1.807) is 42.6 Å². The Morgan fingerprint density at radius 2 is 1.67 bits per heavy atom. The largest absolute Gasteiger partial charge is 0.363 e. The van der Waals surface area contributed by atoms with Crippen LogP contribution in [0.2, 0.25) is 5.02 Å². The summed E-state index contributed by atoms with van der Waals surface area (Å²) in [6.07, 6.45) is 1.76. The summed E-state index contributed by atoms with van der Waals surface area (Å²) in [7, 11) is -3.66. The molecule has 24 heavy (non-hydrogen) atoms. The van der Waals surface area contributed by atoms with E-state index in [9.17, 15) is 8.42 Å². The molecule has 0 bridgehead atoms. The summed E-state index contributed by atoms with van der Waals surface area (Å²) in [4.78, 5) is 3.31. The van der Waals surface area contributed by atoms with Crippen LogP contribution in [0.25, 0.3) is 0 Å². The fourth-order valence-electron chi connectivity index (χ4n) is 2.43. The van der Waals surface area contributed by atoms with Crippen molar-refractivity contribution in [3.8, 4) is 0 Å². The van der Waals surface area contributed by atoms with E-state index < -0.39 is 16.1 Å². The lowest BCUT2D eigenvalue weighted by Crippen LogP contribution is -2.29. The molecule has 4 nitrogen and oxygen atoms in total. The molecule has 0 spiro atoms. The Morgan fingerprint density at radius 3 is 2.25 bits per heavy atom. The van der Waals surface area contributed by atoms with Gasteiger partial charge in [0.1, 0.15) is 0 Å². The molecule has 0 saturated heterocycles. The monoisotopic (exact) mass is 360 g/mol. The number of sulfonamides is 1. The first kappa shape index (κ1) is 16.8. The highest BCUT2D eigenvalue weighted by molar-refractivity contribution is 7.89. The van der Waals surface area contributed by atoms with Crippen molar-refractivity contribution in [2.75, 3.05) is 0 Å². The Morgan fingerprint density at radius 1 is 1.00 bits per heavy atom. The summed E-state index contributed by atoms with van der Waals surface area (Å²) in [6.45, 7) is 1.92. The fourth-order valence-corrected chi connectivity index (χ4v) is 3.76. The van der Waals surface area contributed by atoms with Crippen LogP contribution < -0.4 is 4.72 Å². The number of H-pyrrole nitrogens is 1. The second-order valence-electron chi connectivity index (χ2n) is 5.54. The third-order valence-corrected chi connectivity index (χ3v) is 5.43. The van der Waals surface area contributed by atoms with Crippen LogP contribution in [-0.4, -0.2) is 13.4 Å². The number of hydrogen-bond donors (Lipinski definition) is 2. The summed E-state index contributed by atoms with van der Waals surface area (Å²) in [5.74, 6) is 0. The van der Waals surface area contributed by atoms with E-state index in [2.05, 4.69) is 9.71 Å². The van der Waals surface area contributed by atoms with Gasteiger partial charge in [-0.3, -0.25) is 0 Å². The van der Waals surface area contributed by atoms with Crippen LogP contribution in [0, 0.1) is 6.92 Å². The molecule has 0 amide bonds. The van der Waals surface area contributed by atoms with E-state index in [0.717, 1.165) is 16.8 Å². The molecule has 6 heteroatoms. The van der Waals surface area contributed by atoms with Gasteiger partial charge >= 0.3 is 0 Å². The molecule has 3 rings (SSSR count). The molecule has 3 aromatic rings. The Kier molecular flexibility index (Phi) is 4.76. The lowest BCUT2D eigenvalue weighted by Gasteiger charge is -2.18. The van der Waals surface area contributed by atoms with Gasteiger partial charge in [0.05, 0.1) is 10.9 Å². The molecule has 0 fully saturated rings. The minimum absolute atomic E-state index is 0.235. The van der Waals surface area contributed by atoms with E-state index >= 15 is 0 Å². The predicted octanol–water partition coefficient (Wildman–Crippen LogP) is 4.04. The van der Waals surface area contributed by atoms with Crippen molar-refractivity contribution < 1.29 is 8.42 Å². The zero-order chi connectivity index (χ0) is 17.2. The normalized spacial score (nSPS) is 12.9. The molecular formula is C18H17ClN2O2S. The standard InChI is InChI=1S/C18H17ClN2O2S/c1-13-4-10-16(11-5-13)24(22,23)21-18(17-3-2-12-20-17)14-6-8-15(19)9-7-14/h2-12,18,20-21H,1H3. The average Bonchev–Trinajstić information content (AvgIpc) is 3.08. The number of aromatic amines is 1. The zero-order valence-corrected chi connectivity index (χ0v) is 14.6. The van der Waals surface area contributed by atoms with Gasteiger partial charge in [-0.15, -0.1) is 0 Å². The van der Waals surface area contributed by atoms with Crippen LogP contribution >= 0.6 is 11.6 Å². The van der Waals surface area contributed by atoms with Gasteiger partial charge in [0, 0.05) is 16.9 Å². The molecule has 0 aliphatic heterocycles. The Hall–Kier alpha value is -2.08. The SMILES string of the molecule is Cc1ccc(S(=O)(=O)NC(c2ccc(Cl)cc2)c2ccc[nH]2)cc1. The van der Waals surface area contributed by atoms with Gasteiger partial charge in [-0.25, -0.2) is 8.42 Å². The third-order valence-electron chi connectivity index (χ3n) is 3.74. The number of hydrogen-bond acceptors (Lipinski definition) is 2. The van der Waals surface area contributed by atoms with Crippen molar-refractivity contribution in [1.82, 2.24) is 9.71 Å². The van der Waals surface area contributed by atoms with E-state index in [4.69, 9.17) is 11.6 Å². The summed E-state index contributed by atoms with van der Waals surface area (Å²) in [6, 6.07) is 17.0. The Labute approximate surface area is 146 Å². The summed E-state index contributed by atoms with van der Waals surface area (Å²) >= 11 is 5.94. The minimum Gasteiger partial charge on any atom is -0.363 e. The van der Waals surface area contributed by atoms with Crippen LogP contribution in [0.5, 0.6) is 0 Å². The smallest absolute Gasteiger partial charge is 0.241 e. The van der Waals surface area contributed by atoms with Crippen LogP contribution in [0.4, 0.5) is 0 Å². The molecule has 0 radical (unpaired) electrons. The Balaban J connectivity index is 1.97. The van der Waals surface area contributed by atoms with Gasteiger partial charge in [0.25, 0.3) is 0 Å².